The third-order valence-electron chi connectivity index (χ3n) is 13.4. The predicted molar refractivity (Wildman–Crippen MR) is 203 cm³/mol. The molecular weight excluding hydrogens is 684 g/mol. The third-order valence-corrected chi connectivity index (χ3v) is 13.4. The quantitative estimate of drug-likeness (QED) is 0.386. The maximum atomic E-state index is 13.7. The molecule has 0 unspecified atom stereocenters. The molecule has 10 aliphatic rings. The number of hydrogen-bond acceptors (Lipinski definition) is 8. The molecule has 12 bridgehead atoms. The van der Waals surface area contributed by atoms with Gasteiger partial charge in [-0.25, -0.2) is 0 Å². The van der Waals surface area contributed by atoms with Crippen molar-refractivity contribution >= 4 is 46.2 Å². The Labute approximate surface area is 317 Å². The average Bonchev–Trinajstić information content (AvgIpc) is 3.11. The van der Waals surface area contributed by atoms with Crippen LogP contribution in [0, 0.1) is 22.7 Å². The van der Waals surface area contributed by atoms with Gasteiger partial charge in [-0.2, -0.15) is 0 Å². The number of carbonyl (C=O) groups excluding carboxylic acids is 6. The van der Waals surface area contributed by atoms with E-state index in [0.29, 0.717) is 96.7 Å². The van der Waals surface area contributed by atoms with Crippen molar-refractivity contribution in [3.63, 3.8) is 0 Å². The summed E-state index contributed by atoms with van der Waals surface area (Å²) in [5, 5.41) is 7.16. The molecule has 54 heavy (non-hydrogen) atoms. The second-order valence-electron chi connectivity index (χ2n) is 17.6. The van der Waals surface area contributed by atoms with Gasteiger partial charge in [-0.05, 0) is 151 Å². The number of imide groups is 2. The highest BCUT2D eigenvalue weighted by Crippen LogP contribution is 2.67. The SMILES string of the molecule is CN1CCCNC(=O)CC23CC4CC(C2)CC(CC(=O)NCCCN(C)CCCN2C(=O)c5ccc6c7c(ccc(c57)C2=O)C(=O)N(CCC1)C6=O)(C4)C3. The fraction of sp³-hybridized carbons (Fsp3) is 0.619. The number of nitrogens with zero attached hydrogens (tertiary/aromatic N) is 4. The highest BCUT2D eigenvalue weighted by Gasteiger charge is 2.58. The summed E-state index contributed by atoms with van der Waals surface area (Å²) >= 11 is 0. The summed E-state index contributed by atoms with van der Waals surface area (Å²) in [5.74, 6) is -0.200. The molecule has 12 heteroatoms. The number of nitrogens with one attached hydrogen (secondary N) is 2. The molecule has 2 N–H and O–H groups in total. The molecule has 2 aromatic carbocycles. The van der Waals surface area contributed by atoms with Crippen LogP contribution < -0.4 is 10.6 Å². The van der Waals surface area contributed by atoms with E-state index in [9.17, 15) is 28.8 Å². The highest BCUT2D eigenvalue weighted by atomic mass is 16.2. The van der Waals surface area contributed by atoms with E-state index in [1.165, 1.54) is 16.2 Å². The molecule has 12 rings (SSSR count). The van der Waals surface area contributed by atoms with Gasteiger partial charge in [-0.1, -0.05) is 0 Å². The minimum absolute atomic E-state index is 0.00245. The van der Waals surface area contributed by atoms with Crippen molar-refractivity contribution < 1.29 is 28.8 Å². The largest absolute Gasteiger partial charge is 0.356 e. The molecule has 12 nitrogen and oxygen atoms in total. The summed E-state index contributed by atoms with van der Waals surface area (Å²) in [7, 11) is 4.01. The monoisotopic (exact) mass is 738 g/mol. The zero-order valence-corrected chi connectivity index (χ0v) is 31.8. The van der Waals surface area contributed by atoms with Crippen LogP contribution in [-0.2, 0) is 9.59 Å². The zero-order chi connectivity index (χ0) is 37.8. The Hall–Kier alpha value is -4.16. The fourth-order valence-electron chi connectivity index (χ4n) is 11.6. The van der Waals surface area contributed by atoms with Gasteiger partial charge < -0.3 is 20.4 Å². The van der Waals surface area contributed by atoms with E-state index in [4.69, 9.17) is 0 Å². The third kappa shape index (κ3) is 6.84. The van der Waals surface area contributed by atoms with Crippen LogP contribution in [0.15, 0.2) is 24.3 Å². The lowest BCUT2D eigenvalue weighted by Crippen LogP contribution is -2.54. The van der Waals surface area contributed by atoms with Crippen LogP contribution in [0.2, 0.25) is 0 Å². The van der Waals surface area contributed by atoms with E-state index in [2.05, 4.69) is 20.4 Å². The lowest BCUT2D eigenvalue weighted by Gasteiger charge is -2.62. The van der Waals surface area contributed by atoms with Gasteiger partial charge in [0, 0.05) is 72.0 Å². The van der Waals surface area contributed by atoms with Gasteiger partial charge >= 0.3 is 0 Å². The van der Waals surface area contributed by atoms with Crippen LogP contribution in [-0.4, -0.2) is 121 Å². The van der Waals surface area contributed by atoms with Gasteiger partial charge in [0.05, 0.1) is 0 Å². The van der Waals surface area contributed by atoms with Crippen LogP contribution in [0.25, 0.3) is 10.8 Å². The number of fused-ring (bicyclic) bond motifs is 2. The van der Waals surface area contributed by atoms with Crippen molar-refractivity contribution in [3.05, 3.63) is 46.5 Å². The lowest BCUT2D eigenvalue weighted by molar-refractivity contribution is -0.146. The second kappa shape index (κ2) is 14.5. The second-order valence-corrected chi connectivity index (χ2v) is 17.6. The molecule has 0 aromatic heterocycles. The molecule has 0 saturated heterocycles. The summed E-state index contributed by atoms with van der Waals surface area (Å²) in [6.07, 6.45) is 10.4. The topological polar surface area (TPSA) is 139 Å². The Morgan fingerprint density at radius 2 is 0.870 bits per heavy atom. The van der Waals surface area contributed by atoms with Gasteiger partial charge in [0.15, 0.2) is 0 Å². The van der Waals surface area contributed by atoms with Crippen molar-refractivity contribution in [1.29, 1.82) is 0 Å². The molecule has 4 saturated carbocycles. The number of rotatable bonds is 0. The van der Waals surface area contributed by atoms with Gasteiger partial charge in [-0.15, -0.1) is 0 Å². The van der Waals surface area contributed by atoms with Crippen LogP contribution in [0.3, 0.4) is 0 Å². The van der Waals surface area contributed by atoms with Crippen LogP contribution >= 0.6 is 0 Å². The minimum atomic E-state index is -0.410. The molecule has 6 heterocycles. The van der Waals surface area contributed by atoms with Crippen LogP contribution in [0.5, 0.6) is 0 Å². The van der Waals surface area contributed by atoms with Gasteiger partial charge in [0.25, 0.3) is 23.6 Å². The molecule has 0 radical (unpaired) electrons. The maximum Gasteiger partial charge on any atom is 0.261 e. The highest BCUT2D eigenvalue weighted by molar-refractivity contribution is 6.33. The number of carbonyl (C=O) groups is 6. The van der Waals surface area contributed by atoms with E-state index in [0.717, 1.165) is 58.0 Å². The molecule has 0 atom stereocenters. The van der Waals surface area contributed by atoms with Gasteiger partial charge in [-0.3, -0.25) is 38.6 Å². The number of amides is 6. The Kier molecular flexibility index (Phi) is 9.87. The lowest BCUT2D eigenvalue weighted by atomic mass is 9.43. The van der Waals surface area contributed by atoms with E-state index < -0.39 is 23.6 Å². The van der Waals surface area contributed by atoms with E-state index in [-0.39, 0.29) is 35.7 Å². The Balaban J connectivity index is 0.971. The zero-order valence-electron chi connectivity index (χ0n) is 31.8. The van der Waals surface area contributed by atoms with Crippen molar-refractivity contribution in [3.8, 4) is 0 Å². The fourth-order valence-corrected chi connectivity index (χ4v) is 11.6. The summed E-state index contributed by atoms with van der Waals surface area (Å²) < 4.78 is 0. The molecule has 4 aliphatic carbocycles. The number of benzene rings is 2. The summed E-state index contributed by atoms with van der Waals surface area (Å²) in [5.41, 5.74) is 1.33. The summed E-state index contributed by atoms with van der Waals surface area (Å²) in [6.45, 7) is 4.53. The summed E-state index contributed by atoms with van der Waals surface area (Å²) in [4.78, 5) is 88.4. The Morgan fingerprint density at radius 1 is 0.519 bits per heavy atom. The normalized spacial score (nSPS) is 30.9. The standard InChI is InChI=1S/C42H54N6O6/c1-45-13-3-11-43-33(49)24-41-20-27-19-28(21-41)23-42(22-27,26-41)25-34(50)44-12-4-14-46(2)16-6-18-48-39(53)31-9-7-29-35-30(8-10-32(36(31)35)40(48)54)38(52)47(37(29)51)17-5-15-45/h7-10,27-28H,3-6,11-26H2,1-2H3,(H,43,49)(H,44,50). The summed E-state index contributed by atoms with van der Waals surface area (Å²) in [6, 6.07) is 6.48. The van der Waals surface area contributed by atoms with E-state index in [1.807, 2.05) is 14.1 Å². The average molecular weight is 739 g/mol. The van der Waals surface area contributed by atoms with Crippen LogP contribution in [0.1, 0.15) is 118 Å². The molecule has 6 amide bonds. The van der Waals surface area contributed by atoms with Gasteiger partial charge in [0.2, 0.25) is 11.8 Å². The molecule has 288 valence electrons. The smallest absolute Gasteiger partial charge is 0.261 e. The molecule has 2 aromatic rings. The van der Waals surface area contributed by atoms with Gasteiger partial charge in [0.1, 0.15) is 0 Å². The molecule has 4 fully saturated rings. The Morgan fingerprint density at radius 3 is 1.24 bits per heavy atom. The van der Waals surface area contributed by atoms with Crippen molar-refractivity contribution in [2.45, 2.75) is 77.0 Å². The minimum Gasteiger partial charge on any atom is -0.356 e. The van der Waals surface area contributed by atoms with Crippen molar-refractivity contribution in [2.75, 3.05) is 66.5 Å². The van der Waals surface area contributed by atoms with E-state index >= 15 is 0 Å². The van der Waals surface area contributed by atoms with Crippen LogP contribution in [0.4, 0.5) is 0 Å². The maximum absolute atomic E-state index is 13.7. The van der Waals surface area contributed by atoms with Crippen molar-refractivity contribution in [1.82, 2.24) is 30.2 Å². The Bertz CT molecular complexity index is 1690. The first kappa shape index (κ1) is 36.8. The molecule has 2 spiro atoms. The number of hydrogen-bond donors (Lipinski definition) is 2. The first-order valence-corrected chi connectivity index (χ1v) is 20.2. The molecular formula is C42H54N6O6. The first-order chi connectivity index (χ1) is 25.9. The van der Waals surface area contributed by atoms with Crippen molar-refractivity contribution in [2.24, 2.45) is 22.7 Å². The van der Waals surface area contributed by atoms with E-state index in [1.54, 1.807) is 24.3 Å². The predicted octanol–water partition coefficient (Wildman–Crippen LogP) is 4.07. The first-order valence-electron chi connectivity index (χ1n) is 20.2. The molecule has 6 aliphatic heterocycles.